The van der Waals surface area contributed by atoms with Gasteiger partial charge in [-0.05, 0) is 22.0 Å². The van der Waals surface area contributed by atoms with Crippen LogP contribution in [0.25, 0.3) is 16.8 Å². The smallest absolute Gasteiger partial charge is 0.331 e. The van der Waals surface area contributed by atoms with Crippen molar-refractivity contribution >= 4 is 38.7 Å². The molecule has 1 N–H and O–H groups in total. The number of carbonyl (C=O) groups is 1. The third kappa shape index (κ3) is 3.55. The lowest BCUT2D eigenvalue weighted by Crippen LogP contribution is -2.04. The van der Waals surface area contributed by atoms with E-state index in [-0.39, 0.29) is 12.0 Å². The third-order valence-electron chi connectivity index (χ3n) is 3.67. The monoisotopic (exact) mass is 394 g/mol. The molecule has 0 aliphatic heterocycles. The number of methoxy groups -OCH3 is 3. The molecule has 2 aromatic rings. The van der Waals surface area contributed by atoms with Crippen LogP contribution in [0.1, 0.15) is 12.0 Å². The quantitative estimate of drug-likeness (QED) is 0.715. The molecule has 0 fully saturated rings. The molecular formula is C18H19BrO5. The van der Waals surface area contributed by atoms with Crippen LogP contribution in [-0.2, 0) is 9.53 Å². The van der Waals surface area contributed by atoms with Crippen LogP contribution in [0, 0.1) is 0 Å². The zero-order chi connectivity index (χ0) is 17.7. The molecule has 5 nitrogen and oxygen atoms in total. The van der Waals surface area contributed by atoms with Gasteiger partial charge in [-0.15, -0.1) is 0 Å². The van der Waals surface area contributed by atoms with Crippen LogP contribution in [0.3, 0.4) is 0 Å². The van der Waals surface area contributed by atoms with Crippen molar-refractivity contribution < 1.29 is 24.1 Å². The molecule has 24 heavy (non-hydrogen) atoms. The number of hydrogen-bond donors (Lipinski definition) is 1. The summed E-state index contributed by atoms with van der Waals surface area (Å²) in [5.41, 5.74) is 0.856. The maximum Gasteiger partial charge on any atom is 0.331 e. The van der Waals surface area contributed by atoms with Gasteiger partial charge in [0.2, 0.25) is 0 Å². The van der Waals surface area contributed by atoms with Gasteiger partial charge in [-0.2, -0.15) is 0 Å². The Hall–Kier alpha value is -2.05. The highest BCUT2D eigenvalue weighted by molar-refractivity contribution is 9.10. The maximum absolute atomic E-state index is 11.5. The Balaban J connectivity index is 2.77. The number of ether oxygens (including phenoxy) is 3. The molecule has 0 heterocycles. The number of fused-ring (bicyclic) bond motifs is 1. The Labute approximate surface area is 149 Å². The van der Waals surface area contributed by atoms with E-state index in [0.29, 0.717) is 28.1 Å². The predicted octanol–water partition coefficient (Wildman–Crippen LogP) is 4.12. The molecule has 0 aliphatic carbocycles. The average Bonchev–Trinajstić information content (AvgIpc) is 2.58. The fourth-order valence-corrected chi connectivity index (χ4v) is 3.21. The minimum absolute atomic E-state index is 0.230. The molecule has 0 saturated carbocycles. The number of rotatable bonds is 7. The Morgan fingerprint density at radius 1 is 1.12 bits per heavy atom. The first kappa shape index (κ1) is 18.3. The van der Waals surface area contributed by atoms with Crippen molar-refractivity contribution in [2.45, 2.75) is 6.42 Å². The predicted molar refractivity (Wildman–Crippen MR) is 96.9 cm³/mol. The summed E-state index contributed by atoms with van der Waals surface area (Å²) in [6.07, 6.45) is 1.88. The molecule has 0 aromatic heterocycles. The van der Waals surface area contributed by atoms with Crippen molar-refractivity contribution in [1.29, 1.82) is 0 Å². The number of carboxylic acids is 1. The van der Waals surface area contributed by atoms with Gasteiger partial charge in [0.25, 0.3) is 0 Å². The van der Waals surface area contributed by atoms with Crippen molar-refractivity contribution in [3.05, 3.63) is 39.9 Å². The van der Waals surface area contributed by atoms with E-state index in [2.05, 4.69) is 15.9 Å². The minimum Gasteiger partial charge on any atom is -0.495 e. The van der Waals surface area contributed by atoms with E-state index in [1.54, 1.807) is 20.3 Å². The molecule has 0 bridgehead atoms. The summed E-state index contributed by atoms with van der Waals surface area (Å²) in [4.78, 5) is 11.5. The van der Waals surface area contributed by atoms with E-state index in [1.807, 2.05) is 24.3 Å². The number of carboxylic acid groups (broad SMARTS) is 1. The molecule has 0 amide bonds. The van der Waals surface area contributed by atoms with E-state index >= 15 is 0 Å². The largest absolute Gasteiger partial charge is 0.495 e. The summed E-state index contributed by atoms with van der Waals surface area (Å²) in [6, 6.07) is 7.65. The van der Waals surface area contributed by atoms with Crippen LogP contribution in [0.2, 0.25) is 0 Å². The van der Waals surface area contributed by atoms with Crippen molar-refractivity contribution in [1.82, 2.24) is 0 Å². The minimum atomic E-state index is -0.992. The number of hydrogen-bond acceptors (Lipinski definition) is 4. The summed E-state index contributed by atoms with van der Waals surface area (Å²) < 4.78 is 16.7. The first-order valence-corrected chi connectivity index (χ1v) is 8.09. The molecule has 0 saturated heterocycles. The lowest BCUT2D eigenvalue weighted by molar-refractivity contribution is -0.132. The van der Waals surface area contributed by atoms with Crippen molar-refractivity contribution in [2.75, 3.05) is 27.9 Å². The number of halogens is 1. The summed E-state index contributed by atoms with van der Waals surface area (Å²) in [5, 5.41) is 11.2. The highest BCUT2D eigenvalue weighted by Crippen LogP contribution is 2.44. The van der Waals surface area contributed by atoms with Gasteiger partial charge >= 0.3 is 5.97 Å². The van der Waals surface area contributed by atoms with Crippen LogP contribution in [-0.4, -0.2) is 39.0 Å². The highest BCUT2D eigenvalue weighted by atomic mass is 79.9. The second kappa shape index (κ2) is 8.17. The van der Waals surface area contributed by atoms with Crippen molar-refractivity contribution in [3.63, 3.8) is 0 Å². The van der Waals surface area contributed by atoms with Crippen LogP contribution in [0.15, 0.2) is 34.3 Å². The van der Waals surface area contributed by atoms with Crippen LogP contribution in [0.4, 0.5) is 0 Å². The summed E-state index contributed by atoms with van der Waals surface area (Å²) in [6.45, 7) is 0.322. The molecule has 0 unspecified atom stereocenters. The number of aliphatic carboxylic acids is 1. The van der Waals surface area contributed by atoms with Gasteiger partial charge < -0.3 is 19.3 Å². The second-order valence-electron chi connectivity index (χ2n) is 5.06. The summed E-state index contributed by atoms with van der Waals surface area (Å²) in [5.74, 6) is 0.233. The third-order valence-corrected chi connectivity index (χ3v) is 4.46. The standard InChI is InChI=1S/C18H19BrO5/c1-22-9-8-11(18(20)21)10-14-15(19)17(24-3)13-7-5-4-6-12(13)16(14)23-2/h4-7,10H,8-9H2,1-3H3,(H,20,21)/b11-10-. The van der Waals surface area contributed by atoms with Gasteiger partial charge in [0.15, 0.2) is 0 Å². The molecule has 6 heteroatoms. The lowest BCUT2D eigenvalue weighted by atomic mass is 10.0. The van der Waals surface area contributed by atoms with Gasteiger partial charge in [0.1, 0.15) is 11.5 Å². The highest BCUT2D eigenvalue weighted by Gasteiger charge is 2.19. The van der Waals surface area contributed by atoms with E-state index in [0.717, 1.165) is 10.8 Å². The zero-order valence-corrected chi connectivity index (χ0v) is 15.3. The molecule has 0 spiro atoms. The summed E-state index contributed by atoms with van der Waals surface area (Å²) in [7, 11) is 4.68. The van der Waals surface area contributed by atoms with Gasteiger partial charge in [0, 0.05) is 35.4 Å². The fourth-order valence-electron chi connectivity index (χ4n) is 2.54. The zero-order valence-electron chi connectivity index (χ0n) is 13.8. The average molecular weight is 395 g/mol. The normalized spacial score (nSPS) is 11.6. The second-order valence-corrected chi connectivity index (χ2v) is 5.85. The van der Waals surface area contributed by atoms with Crippen LogP contribution in [0.5, 0.6) is 11.5 Å². The maximum atomic E-state index is 11.5. The van der Waals surface area contributed by atoms with Gasteiger partial charge in [-0.25, -0.2) is 4.79 Å². The number of benzene rings is 2. The lowest BCUT2D eigenvalue weighted by Gasteiger charge is -2.16. The molecule has 0 aliphatic rings. The molecule has 2 rings (SSSR count). The van der Waals surface area contributed by atoms with Crippen LogP contribution < -0.4 is 9.47 Å². The Morgan fingerprint density at radius 2 is 1.71 bits per heavy atom. The Morgan fingerprint density at radius 3 is 2.21 bits per heavy atom. The van der Waals surface area contributed by atoms with E-state index in [4.69, 9.17) is 14.2 Å². The van der Waals surface area contributed by atoms with Gasteiger partial charge in [0.05, 0.1) is 25.3 Å². The van der Waals surface area contributed by atoms with Crippen LogP contribution >= 0.6 is 15.9 Å². The van der Waals surface area contributed by atoms with E-state index in [9.17, 15) is 9.90 Å². The van der Waals surface area contributed by atoms with E-state index in [1.165, 1.54) is 7.11 Å². The Kier molecular flexibility index (Phi) is 6.23. The van der Waals surface area contributed by atoms with Gasteiger partial charge in [-0.3, -0.25) is 0 Å². The topological polar surface area (TPSA) is 65.0 Å². The molecular weight excluding hydrogens is 376 g/mol. The Bertz CT molecular complexity index is 783. The first-order valence-electron chi connectivity index (χ1n) is 7.30. The van der Waals surface area contributed by atoms with Crippen molar-refractivity contribution in [2.24, 2.45) is 0 Å². The van der Waals surface area contributed by atoms with Crippen molar-refractivity contribution in [3.8, 4) is 11.5 Å². The summed E-state index contributed by atoms with van der Waals surface area (Å²) >= 11 is 3.53. The first-order chi connectivity index (χ1) is 11.5. The fraction of sp³-hybridized carbons (Fsp3) is 0.278. The molecule has 128 valence electrons. The molecule has 2 aromatic carbocycles. The van der Waals surface area contributed by atoms with Gasteiger partial charge in [-0.1, -0.05) is 24.3 Å². The molecule has 0 atom stereocenters. The SMILES string of the molecule is COCC/C(=C/c1c(Br)c(OC)c2ccccc2c1OC)C(=O)O. The van der Waals surface area contributed by atoms with E-state index < -0.39 is 5.97 Å². The molecule has 0 radical (unpaired) electrons.